The van der Waals surface area contributed by atoms with Crippen LogP contribution in [-0.4, -0.2) is 32.2 Å². The zero-order valence-electron chi connectivity index (χ0n) is 9.69. The van der Waals surface area contributed by atoms with Gasteiger partial charge in [-0.2, -0.15) is 0 Å². The first-order valence-corrected chi connectivity index (χ1v) is 4.99. The molecule has 0 spiro atoms. The Morgan fingerprint density at radius 1 is 1.31 bits per heavy atom. The molecule has 1 aromatic rings. The van der Waals surface area contributed by atoms with Crippen molar-refractivity contribution in [3.05, 3.63) is 23.3 Å². The first kappa shape index (κ1) is 12.5. The van der Waals surface area contributed by atoms with Crippen LogP contribution in [0.15, 0.2) is 12.1 Å². The molecule has 1 N–H and O–H groups in total. The molecule has 0 aliphatic carbocycles. The van der Waals surface area contributed by atoms with Crippen molar-refractivity contribution in [1.29, 1.82) is 0 Å². The number of aliphatic hydroxyl groups is 1. The molecule has 0 heterocycles. The molecule has 1 aromatic carbocycles. The summed E-state index contributed by atoms with van der Waals surface area (Å²) in [5.41, 5.74) is 1.27. The molecule has 0 saturated heterocycles. The second kappa shape index (κ2) is 5.51. The van der Waals surface area contributed by atoms with Crippen LogP contribution < -0.4 is 9.47 Å². The summed E-state index contributed by atoms with van der Waals surface area (Å²) < 4.78 is 10.2. The molecule has 0 radical (unpaired) electrons. The quantitative estimate of drug-likeness (QED) is 0.772. The van der Waals surface area contributed by atoms with Crippen LogP contribution in [0.2, 0.25) is 0 Å². The van der Waals surface area contributed by atoms with Gasteiger partial charge in [0.05, 0.1) is 14.2 Å². The molecule has 0 aliphatic heterocycles. The average Bonchev–Trinajstić information content (AvgIpc) is 2.35. The molecule has 4 nitrogen and oxygen atoms in total. The Hall–Kier alpha value is -1.55. The fraction of sp³-hybridized carbons (Fsp3) is 0.417. The van der Waals surface area contributed by atoms with Gasteiger partial charge in [0, 0.05) is 18.1 Å². The van der Waals surface area contributed by atoms with Crippen LogP contribution in [0.1, 0.15) is 28.8 Å². The largest absolute Gasteiger partial charge is 0.493 e. The van der Waals surface area contributed by atoms with Gasteiger partial charge in [0.1, 0.15) is 6.29 Å². The van der Waals surface area contributed by atoms with E-state index in [1.807, 2.05) is 6.92 Å². The SMILES string of the molecule is COc1cc(C=O)c(C(C)CO)cc1OC. The van der Waals surface area contributed by atoms with Crippen molar-refractivity contribution in [1.82, 2.24) is 0 Å². The van der Waals surface area contributed by atoms with E-state index in [0.29, 0.717) is 17.1 Å². The van der Waals surface area contributed by atoms with Gasteiger partial charge in [0.25, 0.3) is 0 Å². The van der Waals surface area contributed by atoms with Crippen LogP contribution in [0.3, 0.4) is 0 Å². The lowest BCUT2D eigenvalue weighted by Crippen LogP contribution is -2.04. The normalized spacial score (nSPS) is 12.0. The maximum atomic E-state index is 10.9. The van der Waals surface area contributed by atoms with Crippen molar-refractivity contribution in [2.75, 3.05) is 20.8 Å². The second-order valence-electron chi connectivity index (χ2n) is 3.54. The van der Waals surface area contributed by atoms with Gasteiger partial charge in [-0.3, -0.25) is 4.79 Å². The van der Waals surface area contributed by atoms with E-state index < -0.39 is 0 Å². The van der Waals surface area contributed by atoms with Gasteiger partial charge >= 0.3 is 0 Å². The van der Waals surface area contributed by atoms with Crippen molar-refractivity contribution >= 4 is 6.29 Å². The van der Waals surface area contributed by atoms with E-state index in [1.165, 1.54) is 14.2 Å². The van der Waals surface area contributed by atoms with Crippen LogP contribution in [0.4, 0.5) is 0 Å². The van der Waals surface area contributed by atoms with E-state index in [9.17, 15) is 4.79 Å². The third kappa shape index (κ3) is 2.33. The Balaban J connectivity index is 3.31. The number of hydrogen-bond donors (Lipinski definition) is 1. The van der Waals surface area contributed by atoms with Gasteiger partial charge in [-0.1, -0.05) is 6.92 Å². The minimum Gasteiger partial charge on any atom is -0.493 e. The number of hydrogen-bond acceptors (Lipinski definition) is 4. The summed E-state index contributed by atoms with van der Waals surface area (Å²) in [5.74, 6) is 0.960. The lowest BCUT2D eigenvalue weighted by molar-refractivity contribution is 0.112. The number of carbonyl (C=O) groups excluding carboxylic acids is 1. The van der Waals surface area contributed by atoms with Gasteiger partial charge < -0.3 is 14.6 Å². The first-order chi connectivity index (χ1) is 7.67. The Bertz CT molecular complexity index is 374. The number of ether oxygens (including phenoxy) is 2. The number of rotatable bonds is 5. The third-order valence-electron chi connectivity index (χ3n) is 2.52. The molecule has 88 valence electrons. The Kier molecular flexibility index (Phi) is 4.31. The molecule has 1 atom stereocenters. The predicted molar refractivity (Wildman–Crippen MR) is 60.4 cm³/mol. The third-order valence-corrected chi connectivity index (χ3v) is 2.52. The topological polar surface area (TPSA) is 55.8 Å². The zero-order chi connectivity index (χ0) is 12.1. The minimum absolute atomic E-state index is 0.0175. The number of aldehydes is 1. The molecule has 0 amide bonds. The van der Waals surface area contributed by atoms with Crippen molar-refractivity contribution in [2.24, 2.45) is 0 Å². The van der Waals surface area contributed by atoms with Crippen LogP contribution in [0.25, 0.3) is 0 Å². The summed E-state index contributed by atoms with van der Waals surface area (Å²) in [6, 6.07) is 3.34. The Morgan fingerprint density at radius 3 is 2.31 bits per heavy atom. The molecule has 1 rings (SSSR count). The van der Waals surface area contributed by atoms with Gasteiger partial charge in [-0.15, -0.1) is 0 Å². The molecule has 0 bridgehead atoms. The van der Waals surface area contributed by atoms with Crippen LogP contribution >= 0.6 is 0 Å². The highest BCUT2D eigenvalue weighted by Crippen LogP contribution is 2.32. The molecule has 0 fully saturated rings. The van der Waals surface area contributed by atoms with Gasteiger partial charge in [-0.25, -0.2) is 0 Å². The summed E-state index contributed by atoms with van der Waals surface area (Å²) in [4.78, 5) is 10.9. The minimum atomic E-state index is -0.111. The number of benzene rings is 1. The van der Waals surface area contributed by atoms with Crippen molar-refractivity contribution in [2.45, 2.75) is 12.8 Å². The molecular weight excluding hydrogens is 208 g/mol. The van der Waals surface area contributed by atoms with Crippen LogP contribution in [0.5, 0.6) is 11.5 Å². The van der Waals surface area contributed by atoms with Gasteiger partial charge in [0.2, 0.25) is 0 Å². The van der Waals surface area contributed by atoms with E-state index in [-0.39, 0.29) is 12.5 Å². The van der Waals surface area contributed by atoms with E-state index >= 15 is 0 Å². The van der Waals surface area contributed by atoms with Crippen molar-refractivity contribution in [3.63, 3.8) is 0 Å². The summed E-state index contributed by atoms with van der Waals surface area (Å²) in [6.07, 6.45) is 0.753. The summed E-state index contributed by atoms with van der Waals surface area (Å²) in [7, 11) is 3.05. The second-order valence-corrected chi connectivity index (χ2v) is 3.54. The Morgan fingerprint density at radius 2 is 1.88 bits per heavy atom. The van der Waals surface area contributed by atoms with Crippen LogP contribution in [-0.2, 0) is 0 Å². The molecule has 4 heteroatoms. The maximum Gasteiger partial charge on any atom is 0.161 e. The molecule has 0 aliphatic rings. The van der Waals surface area contributed by atoms with Gasteiger partial charge in [-0.05, 0) is 17.7 Å². The molecular formula is C12H16O4. The van der Waals surface area contributed by atoms with Crippen LogP contribution in [0, 0.1) is 0 Å². The maximum absolute atomic E-state index is 10.9. The summed E-state index contributed by atoms with van der Waals surface area (Å²) in [6.45, 7) is 1.82. The monoisotopic (exact) mass is 224 g/mol. The molecule has 1 unspecified atom stereocenters. The van der Waals surface area contributed by atoms with E-state index in [2.05, 4.69) is 0 Å². The molecule has 0 saturated carbocycles. The van der Waals surface area contributed by atoms with E-state index in [1.54, 1.807) is 12.1 Å². The highest BCUT2D eigenvalue weighted by molar-refractivity contribution is 5.79. The van der Waals surface area contributed by atoms with Crippen molar-refractivity contribution < 1.29 is 19.4 Å². The predicted octanol–water partition coefficient (Wildman–Crippen LogP) is 1.61. The fourth-order valence-electron chi connectivity index (χ4n) is 1.54. The van der Waals surface area contributed by atoms with E-state index in [0.717, 1.165) is 11.8 Å². The lowest BCUT2D eigenvalue weighted by Gasteiger charge is -2.15. The summed E-state index contributed by atoms with van der Waals surface area (Å²) >= 11 is 0. The standard InChI is InChI=1S/C12H16O4/c1-8(6-13)10-5-12(16-3)11(15-2)4-9(10)7-14/h4-5,7-8,13H,6H2,1-3H3. The number of methoxy groups -OCH3 is 2. The first-order valence-electron chi connectivity index (χ1n) is 4.99. The molecule has 0 aromatic heterocycles. The molecule has 16 heavy (non-hydrogen) atoms. The van der Waals surface area contributed by atoms with Crippen molar-refractivity contribution in [3.8, 4) is 11.5 Å². The fourth-order valence-corrected chi connectivity index (χ4v) is 1.54. The van der Waals surface area contributed by atoms with Gasteiger partial charge in [0.15, 0.2) is 11.5 Å². The van der Waals surface area contributed by atoms with E-state index in [4.69, 9.17) is 14.6 Å². The number of carbonyl (C=O) groups is 1. The highest BCUT2D eigenvalue weighted by atomic mass is 16.5. The summed E-state index contributed by atoms with van der Waals surface area (Å²) in [5, 5.41) is 9.11. The Labute approximate surface area is 94.8 Å². The smallest absolute Gasteiger partial charge is 0.161 e. The average molecular weight is 224 g/mol. The highest BCUT2D eigenvalue weighted by Gasteiger charge is 2.14. The lowest BCUT2D eigenvalue weighted by atomic mass is 9.96. The zero-order valence-corrected chi connectivity index (χ0v) is 9.69. The number of aliphatic hydroxyl groups excluding tert-OH is 1.